The summed E-state index contributed by atoms with van der Waals surface area (Å²) in [6, 6.07) is -1.69. The minimum Gasteiger partial charge on any atom is -0.381 e. The van der Waals surface area contributed by atoms with Gasteiger partial charge >= 0.3 is 6.18 Å². The summed E-state index contributed by atoms with van der Waals surface area (Å²) >= 11 is 0. The van der Waals surface area contributed by atoms with Gasteiger partial charge in [0, 0.05) is 31.8 Å². The Morgan fingerprint density at radius 3 is 2.35 bits per heavy atom. The van der Waals surface area contributed by atoms with E-state index in [4.69, 9.17) is 10.5 Å². The van der Waals surface area contributed by atoms with Gasteiger partial charge in [0.25, 0.3) is 0 Å². The summed E-state index contributed by atoms with van der Waals surface area (Å²) in [6.45, 7) is 1.59. The topological polar surface area (TPSA) is 38.5 Å². The van der Waals surface area contributed by atoms with Crippen LogP contribution in [0.5, 0.6) is 0 Å². The molecule has 0 bridgehead atoms. The van der Waals surface area contributed by atoms with Gasteiger partial charge in [-0.05, 0) is 25.7 Å². The SMILES string of the molecule is N[C@H]1CCN(C2CCOCC2)[C@@H](C(F)(F)F)C1. The molecule has 2 aliphatic rings. The third-order valence-corrected chi connectivity index (χ3v) is 3.72. The molecule has 0 aromatic heterocycles. The zero-order valence-corrected chi connectivity index (χ0v) is 9.75. The van der Waals surface area contributed by atoms with Crippen LogP contribution in [0.25, 0.3) is 0 Å². The molecule has 6 heteroatoms. The fraction of sp³-hybridized carbons (Fsp3) is 1.00. The zero-order valence-electron chi connectivity index (χ0n) is 9.75. The Morgan fingerprint density at radius 1 is 1.12 bits per heavy atom. The van der Waals surface area contributed by atoms with Crippen molar-refractivity contribution in [1.29, 1.82) is 0 Å². The average Bonchev–Trinajstić information content (AvgIpc) is 2.29. The highest BCUT2D eigenvalue weighted by Crippen LogP contribution is 2.34. The molecule has 0 aliphatic carbocycles. The van der Waals surface area contributed by atoms with E-state index in [2.05, 4.69) is 0 Å². The lowest BCUT2D eigenvalue weighted by molar-refractivity contribution is -0.202. The minimum atomic E-state index is -4.17. The zero-order chi connectivity index (χ0) is 12.5. The Morgan fingerprint density at radius 2 is 1.76 bits per heavy atom. The Labute approximate surface area is 99.1 Å². The van der Waals surface area contributed by atoms with E-state index in [1.165, 1.54) is 0 Å². The highest BCUT2D eigenvalue weighted by molar-refractivity contribution is 4.92. The first-order valence-corrected chi connectivity index (χ1v) is 6.14. The van der Waals surface area contributed by atoms with Gasteiger partial charge in [0.15, 0.2) is 0 Å². The molecule has 2 atom stereocenters. The van der Waals surface area contributed by atoms with Crippen molar-refractivity contribution in [3.05, 3.63) is 0 Å². The first-order valence-electron chi connectivity index (χ1n) is 6.14. The van der Waals surface area contributed by atoms with E-state index in [0.29, 0.717) is 39.0 Å². The minimum absolute atomic E-state index is 0.00266. The van der Waals surface area contributed by atoms with Crippen LogP contribution in [0.2, 0.25) is 0 Å². The predicted octanol–water partition coefficient (Wildman–Crippen LogP) is 1.52. The van der Waals surface area contributed by atoms with Crippen LogP contribution in [0, 0.1) is 0 Å². The molecule has 0 radical (unpaired) electrons. The molecule has 3 nitrogen and oxygen atoms in total. The van der Waals surface area contributed by atoms with E-state index in [-0.39, 0.29) is 18.5 Å². The number of alkyl halides is 3. The van der Waals surface area contributed by atoms with Gasteiger partial charge in [0.1, 0.15) is 6.04 Å². The van der Waals surface area contributed by atoms with Crippen LogP contribution >= 0.6 is 0 Å². The maximum absolute atomic E-state index is 13.0. The molecular formula is C11H19F3N2O. The van der Waals surface area contributed by atoms with E-state index in [9.17, 15) is 13.2 Å². The van der Waals surface area contributed by atoms with Crippen LogP contribution < -0.4 is 5.73 Å². The second-order valence-corrected chi connectivity index (χ2v) is 4.92. The van der Waals surface area contributed by atoms with Gasteiger partial charge in [-0.3, -0.25) is 4.90 Å². The number of hydrogen-bond donors (Lipinski definition) is 1. The van der Waals surface area contributed by atoms with Crippen molar-refractivity contribution < 1.29 is 17.9 Å². The largest absolute Gasteiger partial charge is 0.404 e. The lowest BCUT2D eigenvalue weighted by Gasteiger charge is -2.44. The fourth-order valence-corrected chi connectivity index (χ4v) is 2.79. The number of rotatable bonds is 1. The van der Waals surface area contributed by atoms with Crippen molar-refractivity contribution in [1.82, 2.24) is 4.90 Å². The number of ether oxygens (including phenoxy) is 1. The average molecular weight is 252 g/mol. The fourth-order valence-electron chi connectivity index (χ4n) is 2.79. The number of nitrogens with zero attached hydrogens (tertiary/aromatic N) is 1. The van der Waals surface area contributed by atoms with E-state index in [0.717, 1.165) is 0 Å². The summed E-state index contributed by atoms with van der Waals surface area (Å²) in [6.07, 6.45) is -2.09. The van der Waals surface area contributed by atoms with Crippen LogP contribution in [0.1, 0.15) is 25.7 Å². The highest BCUT2D eigenvalue weighted by atomic mass is 19.4. The quantitative estimate of drug-likeness (QED) is 0.769. The summed E-state index contributed by atoms with van der Waals surface area (Å²) in [5.74, 6) is 0. The van der Waals surface area contributed by atoms with Crippen molar-refractivity contribution in [2.45, 2.75) is 50.0 Å². The van der Waals surface area contributed by atoms with Crippen molar-refractivity contribution in [2.24, 2.45) is 5.73 Å². The predicted molar refractivity (Wildman–Crippen MR) is 57.6 cm³/mol. The summed E-state index contributed by atoms with van der Waals surface area (Å²) in [7, 11) is 0. The molecule has 100 valence electrons. The molecule has 2 N–H and O–H groups in total. The maximum atomic E-state index is 13.0. The summed E-state index contributed by atoms with van der Waals surface area (Å²) in [4.78, 5) is 1.60. The van der Waals surface area contributed by atoms with Crippen molar-refractivity contribution >= 4 is 0 Å². The van der Waals surface area contributed by atoms with Crippen LogP contribution in [0.3, 0.4) is 0 Å². The molecule has 0 aromatic carbocycles. The summed E-state index contributed by atoms with van der Waals surface area (Å²) < 4.78 is 44.2. The molecule has 0 unspecified atom stereocenters. The molecule has 2 rings (SSSR count). The van der Waals surface area contributed by atoms with Crippen LogP contribution in [-0.4, -0.2) is 49.0 Å². The van der Waals surface area contributed by atoms with Crippen molar-refractivity contribution in [3.8, 4) is 0 Å². The molecule has 2 heterocycles. The molecule has 2 aliphatic heterocycles. The van der Waals surface area contributed by atoms with E-state index in [1.54, 1.807) is 4.90 Å². The lowest BCUT2D eigenvalue weighted by atomic mass is 9.93. The third-order valence-electron chi connectivity index (χ3n) is 3.72. The smallest absolute Gasteiger partial charge is 0.381 e. The summed E-state index contributed by atoms with van der Waals surface area (Å²) in [5.41, 5.74) is 5.66. The van der Waals surface area contributed by atoms with Gasteiger partial charge in [-0.25, -0.2) is 0 Å². The van der Waals surface area contributed by atoms with E-state index < -0.39 is 12.2 Å². The molecule has 2 saturated heterocycles. The standard InChI is InChI=1S/C11H19F3N2O/c12-11(13,14)10-7-8(15)1-4-16(10)9-2-5-17-6-3-9/h8-10H,1-7,15H2/t8-,10+/m0/s1. The number of hydrogen-bond acceptors (Lipinski definition) is 3. The number of likely N-dealkylation sites (tertiary alicyclic amines) is 1. The molecule has 0 aromatic rings. The molecule has 0 saturated carbocycles. The highest BCUT2D eigenvalue weighted by Gasteiger charge is 2.48. The Kier molecular flexibility index (Phi) is 3.95. The molecule has 17 heavy (non-hydrogen) atoms. The Hall–Kier alpha value is -0.330. The molecule has 0 spiro atoms. The van der Waals surface area contributed by atoms with Gasteiger partial charge in [-0.2, -0.15) is 13.2 Å². The van der Waals surface area contributed by atoms with Gasteiger partial charge < -0.3 is 10.5 Å². The number of halogens is 3. The van der Waals surface area contributed by atoms with Crippen LogP contribution in [0.4, 0.5) is 13.2 Å². The van der Waals surface area contributed by atoms with Gasteiger partial charge in [-0.1, -0.05) is 0 Å². The normalized spacial score (nSPS) is 33.9. The second-order valence-electron chi connectivity index (χ2n) is 4.92. The Bertz CT molecular complexity index is 254. The first kappa shape index (κ1) is 13.1. The van der Waals surface area contributed by atoms with Crippen LogP contribution in [-0.2, 0) is 4.74 Å². The lowest BCUT2D eigenvalue weighted by Crippen LogP contribution is -2.58. The van der Waals surface area contributed by atoms with Crippen molar-refractivity contribution in [3.63, 3.8) is 0 Å². The third kappa shape index (κ3) is 3.11. The number of piperidine rings is 1. The number of nitrogens with two attached hydrogens (primary N) is 1. The summed E-state index contributed by atoms with van der Waals surface area (Å²) in [5, 5.41) is 0. The van der Waals surface area contributed by atoms with Gasteiger partial charge in [-0.15, -0.1) is 0 Å². The van der Waals surface area contributed by atoms with Crippen molar-refractivity contribution in [2.75, 3.05) is 19.8 Å². The monoisotopic (exact) mass is 252 g/mol. The molecular weight excluding hydrogens is 233 g/mol. The van der Waals surface area contributed by atoms with E-state index in [1.807, 2.05) is 0 Å². The van der Waals surface area contributed by atoms with Gasteiger partial charge in [0.2, 0.25) is 0 Å². The van der Waals surface area contributed by atoms with Gasteiger partial charge in [0.05, 0.1) is 0 Å². The molecule has 2 fully saturated rings. The first-order chi connectivity index (χ1) is 7.98. The maximum Gasteiger partial charge on any atom is 0.404 e. The molecule has 0 amide bonds. The van der Waals surface area contributed by atoms with Crippen LogP contribution in [0.15, 0.2) is 0 Å². The Balaban J connectivity index is 2.06. The van der Waals surface area contributed by atoms with E-state index >= 15 is 0 Å². The second kappa shape index (κ2) is 5.12.